The van der Waals surface area contributed by atoms with E-state index in [9.17, 15) is 4.79 Å². The molecule has 0 saturated carbocycles. The van der Waals surface area contributed by atoms with Crippen LogP contribution in [0.2, 0.25) is 0 Å². The van der Waals surface area contributed by atoms with Crippen molar-refractivity contribution in [1.29, 1.82) is 0 Å². The molecule has 0 aromatic heterocycles. The van der Waals surface area contributed by atoms with Crippen LogP contribution in [0.4, 0.5) is 0 Å². The number of rotatable bonds is 10. The molecule has 3 heteroatoms. The molecule has 0 radical (unpaired) electrons. The Morgan fingerprint density at radius 3 is 1.32 bits per heavy atom. The Balaban J connectivity index is 1.24. The quantitative estimate of drug-likeness (QED) is 0.118. The van der Waals surface area contributed by atoms with Crippen LogP contribution in [0.25, 0.3) is 22.3 Å². The van der Waals surface area contributed by atoms with Crippen LogP contribution in [0.3, 0.4) is 0 Å². The van der Waals surface area contributed by atoms with Crippen LogP contribution in [0.15, 0.2) is 120 Å². The maximum atomic E-state index is 13.2. The normalized spacial score (nSPS) is 12.0. The van der Waals surface area contributed by atoms with Crippen LogP contribution >= 0.6 is 7.26 Å². The van der Waals surface area contributed by atoms with E-state index in [1.807, 2.05) is 0 Å². The van der Waals surface area contributed by atoms with Crippen molar-refractivity contribution in [3.8, 4) is 28.0 Å². The van der Waals surface area contributed by atoms with Gasteiger partial charge in [-0.3, -0.25) is 0 Å². The third-order valence-corrected chi connectivity index (χ3v) is 14.1. The summed E-state index contributed by atoms with van der Waals surface area (Å²) in [5.41, 5.74) is 9.79. The van der Waals surface area contributed by atoms with E-state index in [0.29, 0.717) is 6.61 Å². The first-order valence-corrected chi connectivity index (χ1v) is 17.8. The van der Waals surface area contributed by atoms with Crippen molar-refractivity contribution in [1.82, 2.24) is 0 Å². The number of hydrogen-bond donors (Lipinski definition) is 0. The van der Waals surface area contributed by atoms with Crippen molar-refractivity contribution < 1.29 is 4.74 Å². The molecule has 0 aliphatic heterocycles. The molecule has 2 nitrogen and oxygen atoms in total. The molecule has 0 N–H and O–H groups in total. The molecule has 0 unspecified atom stereocenters. The zero-order valence-electron chi connectivity index (χ0n) is 26.4. The SMILES string of the molecule is Cc1cc(C)c(-c2c(-c3c(C)cc(OCCC[PH](c4ccccc4)(c4ccccc4)c4ccccc4)cc3C)c2=O)c(C)c1. The van der Waals surface area contributed by atoms with Gasteiger partial charge in [0.05, 0.1) is 0 Å². The molecule has 6 aromatic rings. The van der Waals surface area contributed by atoms with Gasteiger partial charge in [0.1, 0.15) is 0 Å². The molecule has 0 atom stereocenters. The number of hydrogen-bond acceptors (Lipinski definition) is 2. The molecule has 0 saturated heterocycles. The summed E-state index contributed by atoms with van der Waals surface area (Å²) in [6, 6.07) is 41.7. The van der Waals surface area contributed by atoms with Crippen LogP contribution in [0, 0.1) is 34.6 Å². The topological polar surface area (TPSA) is 26.3 Å². The fourth-order valence-corrected chi connectivity index (χ4v) is 12.1. The van der Waals surface area contributed by atoms with Gasteiger partial charge in [0.15, 0.2) is 0 Å². The molecule has 6 rings (SSSR count). The van der Waals surface area contributed by atoms with Gasteiger partial charge in [-0.05, 0) is 20.8 Å². The van der Waals surface area contributed by atoms with Gasteiger partial charge in [-0.2, -0.15) is 0 Å². The standard InChI is InChI=1S/C41H41O2P/c1-28-24-29(2)37(30(3)25-28)39-40(41(39)42)38-31(4)26-33(27-32(38)5)43-22-15-23-44(34-16-9-6-10-17-34,35-18-11-7-12-19-35)36-20-13-8-14-21-36/h6-14,16-21,24-27,44H,15,22-23H2,1-5H3. The van der Waals surface area contributed by atoms with Gasteiger partial charge in [-0.15, -0.1) is 0 Å². The van der Waals surface area contributed by atoms with E-state index < -0.39 is 7.26 Å². The molecule has 6 aromatic carbocycles. The summed E-state index contributed by atoms with van der Waals surface area (Å²) in [7, 11) is -2.28. The summed E-state index contributed by atoms with van der Waals surface area (Å²) in [5, 5.41) is 4.27. The molecule has 0 bridgehead atoms. The van der Waals surface area contributed by atoms with E-state index in [1.165, 1.54) is 21.5 Å². The van der Waals surface area contributed by atoms with Crippen molar-refractivity contribution in [2.45, 2.75) is 41.0 Å². The van der Waals surface area contributed by atoms with Crippen molar-refractivity contribution in [3.63, 3.8) is 0 Å². The Bertz CT molecular complexity index is 1770. The minimum Gasteiger partial charge on any atom is -0.0557 e. The second-order valence-electron chi connectivity index (χ2n) is 12.2. The summed E-state index contributed by atoms with van der Waals surface area (Å²) in [5.74, 6) is 0.869. The molecular weight excluding hydrogens is 555 g/mol. The van der Waals surface area contributed by atoms with Gasteiger partial charge in [0, 0.05) is 0 Å². The molecule has 0 spiro atoms. The monoisotopic (exact) mass is 596 g/mol. The molecular formula is C41H41O2P. The first-order valence-electron chi connectivity index (χ1n) is 15.6. The van der Waals surface area contributed by atoms with Crippen LogP contribution in [-0.4, -0.2) is 12.8 Å². The van der Waals surface area contributed by atoms with Gasteiger partial charge in [-0.25, -0.2) is 0 Å². The third kappa shape index (κ3) is 5.56. The Hall–Kier alpha value is -4.26. The van der Waals surface area contributed by atoms with Gasteiger partial charge in [-0.1, -0.05) is 17.7 Å². The maximum absolute atomic E-state index is 13.2. The minimum atomic E-state index is -2.28. The van der Waals surface area contributed by atoms with Crippen LogP contribution in [0.5, 0.6) is 5.75 Å². The smallest absolute Gasteiger partial charge is 0.0557 e. The predicted octanol–water partition coefficient (Wildman–Crippen LogP) is 8.29. The second kappa shape index (κ2) is 12.4. The van der Waals surface area contributed by atoms with Crippen molar-refractivity contribution in [3.05, 3.63) is 153 Å². The third-order valence-electron chi connectivity index (χ3n) is 9.09. The summed E-state index contributed by atoms with van der Waals surface area (Å²) >= 11 is 0. The fraction of sp³-hybridized carbons (Fsp3) is 0.195. The molecule has 0 amide bonds. The first kappa shape index (κ1) is 29.8. The van der Waals surface area contributed by atoms with Crippen LogP contribution < -0.4 is 26.1 Å². The Labute approximate surface area is 262 Å². The molecule has 0 heterocycles. The van der Waals surface area contributed by atoms with Gasteiger partial charge in [0.2, 0.25) is 0 Å². The zero-order chi connectivity index (χ0) is 30.8. The Kier molecular flexibility index (Phi) is 8.39. The Morgan fingerprint density at radius 1 is 0.523 bits per heavy atom. The molecule has 44 heavy (non-hydrogen) atoms. The van der Waals surface area contributed by atoms with E-state index in [1.54, 1.807) is 0 Å². The summed E-state index contributed by atoms with van der Waals surface area (Å²) < 4.78 is 6.44. The van der Waals surface area contributed by atoms with E-state index in [-0.39, 0.29) is 5.43 Å². The molecule has 0 aliphatic carbocycles. The van der Waals surface area contributed by atoms with Gasteiger partial charge in [0.25, 0.3) is 0 Å². The van der Waals surface area contributed by atoms with E-state index in [4.69, 9.17) is 4.74 Å². The van der Waals surface area contributed by atoms with Crippen molar-refractivity contribution >= 4 is 23.2 Å². The fourth-order valence-electron chi connectivity index (χ4n) is 7.25. The number of ether oxygens (including phenoxy) is 1. The van der Waals surface area contributed by atoms with E-state index in [2.05, 4.69) is 150 Å². The van der Waals surface area contributed by atoms with Crippen LogP contribution in [-0.2, 0) is 0 Å². The van der Waals surface area contributed by atoms with Crippen molar-refractivity contribution in [2.24, 2.45) is 0 Å². The first-order chi connectivity index (χ1) is 21.3. The summed E-state index contributed by atoms with van der Waals surface area (Å²) in [4.78, 5) is 13.2. The minimum absolute atomic E-state index is 0.170. The van der Waals surface area contributed by atoms with E-state index >= 15 is 0 Å². The molecule has 0 aliphatic rings. The number of benzene rings is 5. The zero-order valence-corrected chi connectivity index (χ0v) is 27.4. The predicted molar refractivity (Wildman–Crippen MR) is 191 cm³/mol. The number of aryl methyl sites for hydroxylation is 5. The van der Waals surface area contributed by atoms with Gasteiger partial charge >= 0.3 is 225 Å². The summed E-state index contributed by atoms with van der Waals surface area (Å²) in [6.45, 7) is 11.1. The van der Waals surface area contributed by atoms with Crippen LogP contribution in [0.1, 0.15) is 34.2 Å². The van der Waals surface area contributed by atoms with E-state index in [0.717, 1.165) is 62.8 Å². The molecule has 0 fully saturated rings. The second-order valence-corrected chi connectivity index (χ2v) is 16.3. The van der Waals surface area contributed by atoms with Crippen molar-refractivity contribution in [2.75, 3.05) is 12.8 Å². The summed E-state index contributed by atoms with van der Waals surface area (Å²) in [6.07, 6.45) is 1.98. The molecule has 222 valence electrons. The van der Waals surface area contributed by atoms with Gasteiger partial charge < -0.3 is 0 Å². The Morgan fingerprint density at radius 2 is 0.909 bits per heavy atom. The average molecular weight is 597 g/mol. The average Bonchev–Trinajstić information content (AvgIpc) is 3.66.